The minimum absolute atomic E-state index is 0.291. The van der Waals surface area contributed by atoms with Gasteiger partial charge in [0.05, 0.1) is 22.0 Å². The summed E-state index contributed by atoms with van der Waals surface area (Å²) in [7, 11) is 0. The summed E-state index contributed by atoms with van der Waals surface area (Å²) in [5, 5.41) is 10.7. The van der Waals surface area contributed by atoms with Crippen molar-refractivity contribution in [2.75, 3.05) is 10.6 Å². The smallest absolute Gasteiger partial charge is 0.278 e. The van der Waals surface area contributed by atoms with E-state index in [0.717, 1.165) is 22.4 Å². The lowest BCUT2D eigenvalue weighted by molar-refractivity contribution is -0.118. The van der Waals surface area contributed by atoms with E-state index < -0.39 is 5.41 Å². The van der Waals surface area contributed by atoms with Crippen molar-refractivity contribution in [3.63, 3.8) is 0 Å². The van der Waals surface area contributed by atoms with Gasteiger partial charge in [-0.15, -0.1) is 0 Å². The molecule has 1 spiro atoms. The van der Waals surface area contributed by atoms with Crippen molar-refractivity contribution in [3.05, 3.63) is 115 Å². The molecule has 6 nitrogen and oxygen atoms in total. The molecule has 1 amide bonds. The zero-order valence-electron chi connectivity index (χ0n) is 17.6. The SMILES string of the molecule is O=C1Nc2c(Cl)cccc2C12C1=C(Nc3[nH]n(-c4ccccc4)c(=O)c32)c2ccc(Cl)cc2C1. The summed E-state index contributed by atoms with van der Waals surface area (Å²) in [6.07, 6.45) is 0.479. The monoisotopic (exact) mass is 486 g/mol. The lowest BCUT2D eigenvalue weighted by atomic mass is 9.68. The van der Waals surface area contributed by atoms with Gasteiger partial charge in [0.15, 0.2) is 0 Å². The Bertz CT molecular complexity index is 1650. The zero-order chi connectivity index (χ0) is 23.2. The minimum Gasteiger partial charge on any atom is -0.340 e. The molecule has 1 unspecified atom stereocenters. The number of benzene rings is 3. The first-order valence-corrected chi connectivity index (χ1v) is 11.6. The predicted octanol–water partition coefficient (Wildman–Crippen LogP) is 5.10. The van der Waals surface area contributed by atoms with Gasteiger partial charge in [0.25, 0.3) is 5.56 Å². The van der Waals surface area contributed by atoms with Crippen LogP contribution in [0, 0.1) is 0 Å². The van der Waals surface area contributed by atoms with Crippen LogP contribution in [0.1, 0.15) is 22.3 Å². The number of nitrogens with zero attached hydrogens (tertiary/aromatic N) is 1. The molecule has 3 heterocycles. The molecule has 3 aromatic carbocycles. The third-order valence-corrected chi connectivity index (χ3v) is 7.54. The van der Waals surface area contributed by atoms with Crippen LogP contribution in [0.4, 0.5) is 11.5 Å². The summed E-state index contributed by atoms with van der Waals surface area (Å²) in [6, 6.07) is 20.4. The fourth-order valence-corrected chi connectivity index (χ4v) is 6.02. The Morgan fingerprint density at radius 1 is 0.912 bits per heavy atom. The van der Waals surface area contributed by atoms with Gasteiger partial charge >= 0.3 is 0 Å². The minimum atomic E-state index is -1.32. The normalized spacial score (nSPS) is 19.4. The summed E-state index contributed by atoms with van der Waals surface area (Å²) in [5.41, 5.74) is 4.21. The Labute approximate surface area is 203 Å². The maximum absolute atomic E-state index is 14.0. The molecule has 166 valence electrons. The van der Waals surface area contributed by atoms with E-state index in [-0.39, 0.29) is 11.5 Å². The Balaban J connectivity index is 1.58. The topological polar surface area (TPSA) is 78.9 Å². The number of aromatic nitrogens is 2. The molecule has 8 heteroatoms. The number of anilines is 2. The summed E-state index contributed by atoms with van der Waals surface area (Å²) >= 11 is 12.8. The van der Waals surface area contributed by atoms with Gasteiger partial charge in [0.2, 0.25) is 5.91 Å². The van der Waals surface area contributed by atoms with E-state index in [1.54, 1.807) is 6.07 Å². The molecule has 0 fully saturated rings. The molecule has 3 aliphatic rings. The first kappa shape index (κ1) is 19.7. The number of hydrogen-bond donors (Lipinski definition) is 3. The molecule has 0 saturated carbocycles. The molecule has 3 N–H and O–H groups in total. The van der Waals surface area contributed by atoms with Gasteiger partial charge in [-0.25, -0.2) is 4.68 Å². The van der Waals surface area contributed by atoms with Crippen molar-refractivity contribution >= 4 is 46.3 Å². The number of carbonyl (C=O) groups excluding carboxylic acids is 1. The number of carbonyl (C=O) groups is 1. The Morgan fingerprint density at radius 2 is 1.74 bits per heavy atom. The molecule has 1 aliphatic carbocycles. The van der Waals surface area contributed by atoms with Crippen LogP contribution < -0.4 is 16.2 Å². The lowest BCUT2D eigenvalue weighted by Crippen LogP contribution is -2.44. The molecular formula is C26H16Cl2N4O2. The summed E-state index contributed by atoms with van der Waals surface area (Å²) in [4.78, 5) is 27.9. The van der Waals surface area contributed by atoms with Crippen molar-refractivity contribution in [2.24, 2.45) is 0 Å². The van der Waals surface area contributed by atoms with Gasteiger partial charge in [-0.05, 0) is 47.9 Å². The van der Waals surface area contributed by atoms with Gasteiger partial charge in [0.1, 0.15) is 11.2 Å². The average molecular weight is 487 g/mol. The van der Waals surface area contributed by atoms with Crippen molar-refractivity contribution in [1.82, 2.24) is 9.78 Å². The number of H-pyrrole nitrogens is 1. The number of rotatable bonds is 1. The highest BCUT2D eigenvalue weighted by Crippen LogP contribution is 2.57. The number of fused-ring (bicyclic) bond motifs is 7. The van der Waals surface area contributed by atoms with Crippen LogP contribution in [0.15, 0.2) is 77.1 Å². The molecule has 4 aromatic rings. The van der Waals surface area contributed by atoms with E-state index in [2.05, 4.69) is 15.7 Å². The summed E-state index contributed by atoms with van der Waals surface area (Å²) in [5.74, 6) is 0.194. The highest BCUT2D eigenvalue weighted by Gasteiger charge is 2.59. The lowest BCUT2D eigenvalue weighted by Gasteiger charge is -2.33. The molecule has 2 aliphatic heterocycles. The highest BCUT2D eigenvalue weighted by atomic mass is 35.5. The van der Waals surface area contributed by atoms with E-state index in [4.69, 9.17) is 23.2 Å². The van der Waals surface area contributed by atoms with E-state index >= 15 is 0 Å². The van der Waals surface area contributed by atoms with E-state index in [0.29, 0.717) is 44.8 Å². The number of amides is 1. The van der Waals surface area contributed by atoms with Crippen molar-refractivity contribution in [3.8, 4) is 5.69 Å². The third kappa shape index (κ3) is 2.31. The van der Waals surface area contributed by atoms with Crippen molar-refractivity contribution in [1.29, 1.82) is 0 Å². The van der Waals surface area contributed by atoms with Crippen LogP contribution in [0.2, 0.25) is 10.0 Å². The first-order valence-electron chi connectivity index (χ1n) is 10.8. The van der Waals surface area contributed by atoms with Gasteiger partial charge in [-0.2, -0.15) is 0 Å². The first-order chi connectivity index (χ1) is 16.5. The van der Waals surface area contributed by atoms with Gasteiger partial charge in [-0.3, -0.25) is 14.7 Å². The van der Waals surface area contributed by atoms with Gasteiger partial charge in [0, 0.05) is 21.8 Å². The summed E-state index contributed by atoms with van der Waals surface area (Å²) in [6.45, 7) is 0. The van der Waals surface area contributed by atoms with E-state index in [9.17, 15) is 9.59 Å². The summed E-state index contributed by atoms with van der Waals surface area (Å²) < 4.78 is 1.47. The molecule has 0 saturated heterocycles. The second kappa shape index (κ2) is 6.65. The van der Waals surface area contributed by atoms with E-state index in [1.165, 1.54) is 4.68 Å². The van der Waals surface area contributed by atoms with Crippen molar-refractivity contribution < 1.29 is 4.79 Å². The molecular weight excluding hydrogens is 471 g/mol. The largest absolute Gasteiger partial charge is 0.340 e. The van der Waals surface area contributed by atoms with Crippen LogP contribution >= 0.6 is 23.2 Å². The number of para-hydroxylation sites is 2. The molecule has 34 heavy (non-hydrogen) atoms. The third-order valence-electron chi connectivity index (χ3n) is 6.98. The zero-order valence-corrected chi connectivity index (χ0v) is 19.1. The van der Waals surface area contributed by atoms with Gasteiger partial charge < -0.3 is 10.6 Å². The Kier molecular flexibility index (Phi) is 3.86. The van der Waals surface area contributed by atoms with E-state index in [1.807, 2.05) is 60.7 Å². The molecule has 0 radical (unpaired) electrons. The molecule has 7 rings (SSSR count). The van der Waals surface area contributed by atoms with Crippen LogP contribution in [0.25, 0.3) is 11.4 Å². The number of aromatic amines is 1. The van der Waals surface area contributed by atoms with Crippen LogP contribution in [-0.2, 0) is 16.6 Å². The standard InChI is InChI=1S/C26H16Cl2N4O2/c27-14-9-10-16-13(11-14)12-18-21(16)29-23-20(24(33)32(31-23)15-5-2-1-3-6-15)26(18)17-7-4-8-19(28)22(17)30-25(26)34/h1-11,29,31H,12H2,(H,30,34). The highest BCUT2D eigenvalue weighted by molar-refractivity contribution is 6.35. The Morgan fingerprint density at radius 3 is 2.56 bits per heavy atom. The van der Waals surface area contributed by atoms with Crippen LogP contribution in [0.3, 0.4) is 0 Å². The van der Waals surface area contributed by atoms with Crippen LogP contribution in [-0.4, -0.2) is 15.7 Å². The number of hydrogen-bond acceptors (Lipinski definition) is 3. The molecule has 1 aromatic heterocycles. The van der Waals surface area contributed by atoms with Crippen molar-refractivity contribution in [2.45, 2.75) is 11.8 Å². The predicted molar refractivity (Wildman–Crippen MR) is 133 cm³/mol. The maximum Gasteiger partial charge on any atom is 0.278 e. The number of halogens is 2. The van der Waals surface area contributed by atoms with Crippen LogP contribution in [0.5, 0.6) is 0 Å². The second-order valence-electron chi connectivity index (χ2n) is 8.66. The van der Waals surface area contributed by atoms with Gasteiger partial charge in [-0.1, -0.05) is 59.6 Å². The fourth-order valence-electron chi connectivity index (χ4n) is 5.61. The Hall–Kier alpha value is -3.74. The fraction of sp³-hybridized carbons (Fsp3) is 0.0769. The maximum atomic E-state index is 14.0. The average Bonchev–Trinajstić information content (AvgIpc) is 3.46. The molecule has 1 atom stereocenters. The second-order valence-corrected chi connectivity index (χ2v) is 9.50. The molecule has 0 bridgehead atoms. The quantitative estimate of drug-likeness (QED) is 0.350. The number of nitrogens with one attached hydrogen (secondary N) is 3.